The first-order valence-electron chi connectivity index (χ1n) is 7.77. The molecule has 2 N–H and O–H groups in total. The standard InChI is InChI=1S/C17H20N4O2/c1-12-5-2-3-7-15(12)21-17-19-9-13(10-20-17)16(22)18-11-14-6-4-8-23-14/h2-3,5,7,9-10,14H,4,6,8,11H2,1H3,(H,18,22)(H,19,20,21). The van der Waals surface area contributed by atoms with Gasteiger partial charge in [-0.25, -0.2) is 9.97 Å². The summed E-state index contributed by atoms with van der Waals surface area (Å²) < 4.78 is 5.48. The highest BCUT2D eigenvalue weighted by atomic mass is 16.5. The summed E-state index contributed by atoms with van der Waals surface area (Å²) >= 11 is 0. The van der Waals surface area contributed by atoms with E-state index < -0.39 is 0 Å². The molecule has 0 spiro atoms. The van der Waals surface area contributed by atoms with Crippen LogP contribution in [0, 0.1) is 6.92 Å². The summed E-state index contributed by atoms with van der Waals surface area (Å²) in [5.41, 5.74) is 2.50. The normalized spacial score (nSPS) is 17.0. The van der Waals surface area contributed by atoms with E-state index in [1.165, 1.54) is 12.4 Å². The van der Waals surface area contributed by atoms with Crippen LogP contribution < -0.4 is 10.6 Å². The molecule has 23 heavy (non-hydrogen) atoms. The van der Waals surface area contributed by atoms with Crippen molar-refractivity contribution in [3.05, 3.63) is 47.8 Å². The van der Waals surface area contributed by atoms with Gasteiger partial charge in [0.25, 0.3) is 5.91 Å². The number of nitrogens with zero attached hydrogens (tertiary/aromatic N) is 2. The lowest BCUT2D eigenvalue weighted by atomic mass is 10.2. The largest absolute Gasteiger partial charge is 0.376 e. The second kappa shape index (κ2) is 7.19. The summed E-state index contributed by atoms with van der Waals surface area (Å²) in [4.78, 5) is 20.5. The van der Waals surface area contributed by atoms with Gasteiger partial charge in [0.1, 0.15) is 0 Å². The van der Waals surface area contributed by atoms with Crippen molar-refractivity contribution < 1.29 is 9.53 Å². The minimum atomic E-state index is -0.178. The second-order valence-corrected chi connectivity index (χ2v) is 5.58. The lowest BCUT2D eigenvalue weighted by Crippen LogP contribution is -2.31. The summed E-state index contributed by atoms with van der Waals surface area (Å²) in [6.45, 7) is 3.32. The van der Waals surface area contributed by atoms with E-state index in [9.17, 15) is 4.79 Å². The molecule has 1 amide bonds. The Morgan fingerprint density at radius 1 is 1.30 bits per heavy atom. The number of amides is 1. The molecule has 6 nitrogen and oxygen atoms in total. The predicted octanol–water partition coefficient (Wildman–Crippen LogP) is 2.44. The van der Waals surface area contributed by atoms with E-state index >= 15 is 0 Å². The number of hydrogen-bond acceptors (Lipinski definition) is 5. The Morgan fingerprint density at radius 3 is 2.78 bits per heavy atom. The van der Waals surface area contributed by atoms with Gasteiger partial charge in [-0.3, -0.25) is 4.79 Å². The number of ether oxygens (including phenoxy) is 1. The molecular formula is C17H20N4O2. The summed E-state index contributed by atoms with van der Waals surface area (Å²) in [7, 11) is 0. The first-order chi connectivity index (χ1) is 11.2. The first-order valence-corrected chi connectivity index (χ1v) is 7.77. The third-order valence-electron chi connectivity index (χ3n) is 3.82. The molecule has 1 aliphatic heterocycles. The summed E-state index contributed by atoms with van der Waals surface area (Å²) in [6, 6.07) is 7.89. The van der Waals surface area contributed by atoms with Gasteiger partial charge in [-0.1, -0.05) is 18.2 Å². The Morgan fingerprint density at radius 2 is 2.09 bits per heavy atom. The molecule has 1 aromatic heterocycles. The maximum absolute atomic E-state index is 12.1. The molecule has 1 aliphatic rings. The van der Waals surface area contributed by atoms with E-state index in [1.807, 2.05) is 31.2 Å². The van der Waals surface area contributed by atoms with E-state index in [-0.39, 0.29) is 12.0 Å². The van der Waals surface area contributed by atoms with Crippen LogP contribution in [0.15, 0.2) is 36.7 Å². The number of carbonyl (C=O) groups is 1. The molecule has 1 atom stereocenters. The molecule has 0 aliphatic carbocycles. The van der Waals surface area contributed by atoms with E-state index in [1.54, 1.807) is 0 Å². The van der Waals surface area contributed by atoms with Crippen molar-refractivity contribution in [2.75, 3.05) is 18.5 Å². The van der Waals surface area contributed by atoms with E-state index in [4.69, 9.17) is 4.74 Å². The SMILES string of the molecule is Cc1ccccc1Nc1ncc(C(=O)NCC2CCCO2)cn1. The molecule has 3 rings (SSSR count). The highest BCUT2D eigenvalue weighted by Gasteiger charge is 2.17. The Bertz CT molecular complexity index is 667. The third kappa shape index (κ3) is 4.04. The average Bonchev–Trinajstić information content (AvgIpc) is 3.09. The molecule has 0 bridgehead atoms. The number of para-hydroxylation sites is 1. The van der Waals surface area contributed by atoms with Crippen LogP contribution in [-0.2, 0) is 4.74 Å². The van der Waals surface area contributed by atoms with E-state index in [2.05, 4.69) is 20.6 Å². The van der Waals surface area contributed by atoms with Gasteiger partial charge in [0, 0.05) is 31.2 Å². The minimum absolute atomic E-state index is 0.127. The predicted molar refractivity (Wildman–Crippen MR) is 87.8 cm³/mol. The molecule has 120 valence electrons. The molecule has 2 heterocycles. The van der Waals surface area contributed by atoms with Gasteiger partial charge in [-0.05, 0) is 31.4 Å². The van der Waals surface area contributed by atoms with Crippen LogP contribution in [0.2, 0.25) is 0 Å². The molecule has 0 radical (unpaired) electrons. The zero-order chi connectivity index (χ0) is 16.1. The van der Waals surface area contributed by atoms with Gasteiger partial charge >= 0.3 is 0 Å². The van der Waals surface area contributed by atoms with Crippen LogP contribution in [-0.4, -0.2) is 35.1 Å². The third-order valence-corrected chi connectivity index (χ3v) is 3.82. The van der Waals surface area contributed by atoms with Gasteiger partial charge in [0.15, 0.2) is 0 Å². The van der Waals surface area contributed by atoms with Crippen molar-refractivity contribution >= 4 is 17.5 Å². The summed E-state index contributed by atoms with van der Waals surface area (Å²) in [5.74, 6) is 0.290. The monoisotopic (exact) mass is 312 g/mol. The van der Waals surface area contributed by atoms with Gasteiger partial charge < -0.3 is 15.4 Å². The van der Waals surface area contributed by atoms with Gasteiger partial charge in [0.2, 0.25) is 5.95 Å². The number of carbonyl (C=O) groups excluding carboxylic acids is 1. The number of anilines is 2. The van der Waals surface area contributed by atoms with E-state index in [0.717, 1.165) is 30.7 Å². The van der Waals surface area contributed by atoms with Crippen molar-refractivity contribution in [3.63, 3.8) is 0 Å². The average molecular weight is 312 g/mol. The number of aryl methyl sites for hydroxylation is 1. The fourth-order valence-electron chi connectivity index (χ4n) is 2.46. The summed E-state index contributed by atoms with van der Waals surface area (Å²) in [6.07, 6.45) is 5.23. The molecule has 1 saturated heterocycles. The molecular weight excluding hydrogens is 292 g/mol. The second-order valence-electron chi connectivity index (χ2n) is 5.58. The van der Waals surface area contributed by atoms with Crippen LogP contribution in [0.25, 0.3) is 0 Å². The Balaban J connectivity index is 1.58. The maximum atomic E-state index is 12.1. The molecule has 2 aromatic rings. The molecule has 6 heteroatoms. The quantitative estimate of drug-likeness (QED) is 0.887. The lowest BCUT2D eigenvalue weighted by molar-refractivity contribution is 0.0857. The Labute approximate surface area is 135 Å². The Kier molecular flexibility index (Phi) is 4.83. The smallest absolute Gasteiger partial charge is 0.254 e. The first kappa shape index (κ1) is 15.4. The Hall–Kier alpha value is -2.47. The number of aromatic nitrogens is 2. The maximum Gasteiger partial charge on any atom is 0.254 e. The topological polar surface area (TPSA) is 76.1 Å². The van der Waals surface area contributed by atoms with Crippen LogP contribution in [0.1, 0.15) is 28.8 Å². The lowest BCUT2D eigenvalue weighted by Gasteiger charge is -2.11. The van der Waals surface area contributed by atoms with Crippen molar-refractivity contribution in [3.8, 4) is 0 Å². The number of rotatable bonds is 5. The van der Waals surface area contributed by atoms with Crippen molar-refractivity contribution in [1.82, 2.24) is 15.3 Å². The van der Waals surface area contributed by atoms with Crippen LogP contribution in [0.5, 0.6) is 0 Å². The highest BCUT2D eigenvalue weighted by molar-refractivity contribution is 5.93. The van der Waals surface area contributed by atoms with Crippen LogP contribution in [0.4, 0.5) is 11.6 Å². The van der Waals surface area contributed by atoms with Gasteiger partial charge in [0.05, 0.1) is 11.7 Å². The van der Waals surface area contributed by atoms with Crippen molar-refractivity contribution in [2.24, 2.45) is 0 Å². The molecule has 0 saturated carbocycles. The van der Waals surface area contributed by atoms with Gasteiger partial charge in [-0.2, -0.15) is 0 Å². The fourth-order valence-corrected chi connectivity index (χ4v) is 2.46. The summed E-state index contributed by atoms with van der Waals surface area (Å²) in [5, 5.41) is 6.00. The van der Waals surface area contributed by atoms with Crippen LogP contribution in [0.3, 0.4) is 0 Å². The highest BCUT2D eigenvalue weighted by Crippen LogP contribution is 2.17. The van der Waals surface area contributed by atoms with Crippen molar-refractivity contribution in [2.45, 2.75) is 25.9 Å². The van der Waals surface area contributed by atoms with Gasteiger partial charge in [-0.15, -0.1) is 0 Å². The molecule has 1 fully saturated rings. The zero-order valence-electron chi connectivity index (χ0n) is 13.1. The van der Waals surface area contributed by atoms with E-state index in [0.29, 0.717) is 18.1 Å². The number of hydrogen-bond donors (Lipinski definition) is 2. The minimum Gasteiger partial charge on any atom is -0.376 e. The van der Waals surface area contributed by atoms with Crippen LogP contribution >= 0.6 is 0 Å². The molecule has 1 unspecified atom stereocenters. The number of benzene rings is 1. The van der Waals surface area contributed by atoms with Crippen molar-refractivity contribution in [1.29, 1.82) is 0 Å². The molecule has 1 aromatic carbocycles. The zero-order valence-corrected chi connectivity index (χ0v) is 13.1. The fraction of sp³-hybridized carbons (Fsp3) is 0.353. The number of nitrogens with one attached hydrogen (secondary N) is 2.